The summed E-state index contributed by atoms with van der Waals surface area (Å²) < 4.78 is 24.2. The van der Waals surface area contributed by atoms with Gasteiger partial charge in [-0.25, -0.2) is 12.7 Å². The summed E-state index contributed by atoms with van der Waals surface area (Å²) in [7, 11) is -3.17. The van der Waals surface area contributed by atoms with Gasteiger partial charge in [-0.05, 0) is 25.7 Å². The van der Waals surface area contributed by atoms with Crippen LogP contribution in [0.5, 0.6) is 0 Å². The number of aliphatic hydroxyl groups is 2. The summed E-state index contributed by atoms with van der Waals surface area (Å²) in [5.41, 5.74) is 0. The van der Waals surface area contributed by atoms with Gasteiger partial charge in [0.1, 0.15) is 0 Å². The van der Waals surface area contributed by atoms with E-state index in [0.29, 0.717) is 38.8 Å². The minimum absolute atomic E-state index is 0.0692. The molecule has 1 amide bonds. The zero-order valence-electron chi connectivity index (χ0n) is 12.2. The minimum atomic E-state index is -3.17. The standard InChI is InChI=1S/C13H24N2O5S/c1-21(19,20)15-4-2-9(3-5-15)13(18)14-11-6-10(8-16)12(17)7-11/h9-12,16-17H,2-8H2,1H3,(H,14,18). The Bertz CT molecular complexity index is 473. The van der Waals surface area contributed by atoms with Gasteiger partial charge in [0.15, 0.2) is 0 Å². The van der Waals surface area contributed by atoms with Crippen molar-refractivity contribution in [1.82, 2.24) is 9.62 Å². The number of hydrogen-bond acceptors (Lipinski definition) is 5. The minimum Gasteiger partial charge on any atom is -0.396 e. The van der Waals surface area contributed by atoms with Crippen molar-refractivity contribution < 1.29 is 23.4 Å². The van der Waals surface area contributed by atoms with Gasteiger partial charge in [-0.2, -0.15) is 0 Å². The molecule has 3 atom stereocenters. The fourth-order valence-electron chi connectivity index (χ4n) is 3.19. The Labute approximate surface area is 125 Å². The van der Waals surface area contributed by atoms with Gasteiger partial charge in [0.05, 0.1) is 12.4 Å². The lowest BCUT2D eigenvalue weighted by Gasteiger charge is -2.30. The fourth-order valence-corrected chi connectivity index (χ4v) is 4.06. The number of carbonyl (C=O) groups is 1. The molecule has 1 aliphatic carbocycles. The molecule has 1 aliphatic heterocycles. The van der Waals surface area contributed by atoms with Crippen LogP contribution in [-0.2, 0) is 14.8 Å². The van der Waals surface area contributed by atoms with Gasteiger partial charge in [-0.1, -0.05) is 0 Å². The lowest BCUT2D eigenvalue weighted by atomic mass is 9.96. The van der Waals surface area contributed by atoms with Gasteiger partial charge in [-0.15, -0.1) is 0 Å². The quantitative estimate of drug-likeness (QED) is 0.610. The Kier molecular flexibility index (Phi) is 5.24. The van der Waals surface area contributed by atoms with E-state index in [4.69, 9.17) is 5.11 Å². The van der Waals surface area contributed by atoms with Crippen LogP contribution in [-0.4, -0.2) is 66.9 Å². The largest absolute Gasteiger partial charge is 0.396 e. The summed E-state index contributed by atoms with van der Waals surface area (Å²) in [5.74, 6) is -0.408. The Morgan fingerprint density at radius 2 is 1.90 bits per heavy atom. The average Bonchev–Trinajstić information content (AvgIpc) is 2.78. The molecule has 3 N–H and O–H groups in total. The summed E-state index contributed by atoms with van der Waals surface area (Å²) in [6, 6.07) is -0.0995. The smallest absolute Gasteiger partial charge is 0.223 e. The lowest BCUT2D eigenvalue weighted by Crippen LogP contribution is -2.44. The molecule has 0 aromatic carbocycles. The summed E-state index contributed by atoms with van der Waals surface area (Å²) in [4.78, 5) is 12.2. The van der Waals surface area contributed by atoms with Gasteiger partial charge in [0.25, 0.3) is 0 Å². The maximum atomic E-state index is 12.2. The van der Waals surface area contributed by atoms with Crippen LogP contribution in [0.4, 0.5) is 0 Å². The van der Waals surface area contributed by atoms with Gasteiger partial charge >= 0.3 is 0 Å². The van der Waals surface area contributed by atoms with Crippen molar-refractivity contribution in [2.24, 2.45) is 11.8 Å². The molecule has 2 aliphatic rings. The predicted octanol–water partition coefficient (Wildman–Crippen LogP) is -1.09. The van der Waals surface area contributed by atoms with E-state index in [1.54, 1.807) is 0 Å². The molecule has 2 rings (SSSR count). The molecule has 2 fully saturated rings. The summed E-state index contributed by atoms with van der Waals surface area (Å²) >= 11 is 0. The number of rotatable bonds is 4. The first-order valence-electron chi connectivity index (χ1n) is 7.35. The molecular weight excluding hydrogens is 296 g/mol. The second kappa shape index (κ2) is 6.60. The monoisotopic (exact) mass is 320 g/mol. The number of nitrogens with zero attached hydrogens (tertiary/aromatic N) is 1. The molecule has 0 spiro atoms. The molecule has 0 radical (unpaired) electrons. The first kappa shape index (κ1) is 16.7. The summed E-state index contributed by atoms with van der Waals surface area (Å²) in [6.45, 7) is 0.688. The molecule has 8 heteroatoms. The molecule has 0 aromatic rings. The first-order valence-corrected chi connectivity index (χ1v) is 9.20. The Hall–Kier alpha value is -0.700. The van der Waals surface area contributed by atoms with Crippen LogP contribution in [0.25, 0.3) is 0 Å². The molecule has 1 saturated heterocycles. The maximum absolute atomic E-state index is 12.2. The van der Waals surface area contributed by atoms with Crippen molar-refractivity contribution in [1.29, 1.82) is 0 Å². The van der Waals surface area contributed by atoms with Crippen LogP contribution in [0.15, 0.2) is 0 Å². The molecule has 0 aromatic heterocycles. The second-order valence-corrected chi connectivity index (χ2v) is 8.11. The van der Waals surface area contributed by atoms with Crippen molar-refractivity contribution in [2.75, 3.05) is 26.0 Å². The van der Waals surface area contributed by atoms with Crippen molar-refractivity contribution in [3.05, 3.63) is 0 Å². The van der Waals surface area contributed by atoms with E-state index in [-0.39, 0.29) is 30.4 Å². The third-order valence-corrected chi connectivity index (χ3v) is 5.84. The molecule has 0 bridgehead atoms. The molecule has 3 unspecified atom stereocenters. The van der Waals surface area contributed by atoms with Gasteiger partial charge in [0.2, 0.25) is 15.9 Å². The summed E-state index contributed by atoms with van der Waals surface area (Å²) in [5, 5.41) is 21.7. The Morgan fingerprint density at radius 1 is 1.29 bits per heavy atom. The van der Waals surface area contributed by atoms with Crippen molar-refractivity contribution in [3.63, 3.8) is 0 Å². The number of carbonyl (C=O) groups excluding carboxylic acids is 1. The number of aliphatic hydroxyl groups excluding tert-OH is 2. The SMILES string of the molecule is CS(=O)(=O)N1CCC(C(=O)NC2CC(O)C(CO)C2)CC1. The second-order valence-electron chi connectivity index (χ2n) is 6.12. The number of sulfonamides is 1. The van der Waals surface area contributed by atoms with E-state index in [0.717, 1.165) is 0 Å². The van der Waals surface area contributed by atoms with Gasteiger partial charge in [0, 0.05) is 37.6 Å². The van der Waals surface area contributed by atoms with E-state index in [1.807, 2.05) is 0 Å². The zero-order chi connectivity index (χ0) is 15.6. The van der Waals surface area contributed by atoms with E-state index >= 15 is 0 Å². The van der Waals surface area contributed by atoms with Crippen LogP contribution < -0.4 is 5.32 Å². The van der Waals surface area contributed by atoms with Crippen molar-refractivity contribution in [3.8, 4) is 0 Å². The number of piperidine rings is 1. The van der Waals surface area contributed by atoms with Crippen LogP contribution in [0.3, 0.4) is 0 Å². The molecular formula is C13H24N2O5S. The van der Waals surface area contributed by atoms with E-state index in [2.05, 4.69) is 5.32 Å². The Balaban J connectivity index is 1.81. The van der Waals surface area contributed by atoms with E-state index < -0.39 is 16.1 Å². The molecule has 21 heavy (non-hydrogen) atoms. The highest BCUT2D eigenvalue weighted by atomic mass is 32.2. The third kappa shape index (κ3) is 4.15. The first-order chi connectivity index (χ1) is 9.81. The predicted molar refractivity (Wildman–Crippen MR) is 76.9 cm³/mol. The Morgan fingerprint density at radius 3 is 2.38 bits per heavy atom. The number of hydrogen-bond donors (Lipinski definition) is 3. The van der Waals surface area contributed by atoms with Gasteiger partial charge < -0.3 is 15.5 Å². The van der Waals surface area contributed by atoms with E-state index in [9.17, 15) is 18.3 Å². The molecule has 1 heterocycles. The lowest BCUT2D eigenvalue weighted by molar-refractivity contribution is -0.126. The fraction of sp³-hybridized carbons (Fsp3) is 0.923. The number of nitrogens with one attached hydrogen (secondary N) is 1. The molecule has 122 valence electrons. The molecule has 1 saturated carbocycles. The van der Waals surface area contributed by atoms with Gasteiger partial charge in [-0.3, -0.25) is 4.79 Å². The highest BCUT2D eigenvalue weighted by Crippen LogP contribution is 2.27. The highest BCUT2D eigenvalue weighted by molar-refractivity contribution is 7.88. The highest BCUT2D eigenvalue weighted by Gasteiger charge is 2.35. The number of amides is 1. The molecule has 7 nitrogen and oxygen atoms in total. The van der Waals surface area contributed by atoms with E-state index in [1.165, 1.54) is 10.6 Å². The zero-order valence-corrected chi connectivity index (χ0v) is 13.1. The van der Waals surface area contributed by atoms with Crippen molar-refractivity contribution >= 4 is 15.9 Å². The van der Waals surface area contributed by atoms with Crippen LogP contribution in [0.2, 0.25) is 0 Å². The average molecular weight is 320 g/mol. The van der Waals surface area contributed by atoms with Crippen LogP contribution >= 0.6 is 0 Å². The van der Waals surface area contributed by atoms with Crippen LogP contribution in [0, 0.1) is 11.8 Å². The van der Waals surface area contributed by atoms with Crippen molar-refractivity contribution in [2.45, 2.75) is 37.8 Å². The maximum Gasteiger partial charge on any atom is 0.223 e. The topological polar surface area (TPSA) is 107 Å². The normalized spacial score (nSPS) is 32.2. The summed E-state index contributed by atoms with van der Waals surface area (Å²) in [6.07, 6.45) is 2.73. The third-order valence-electron chi connectivity index (χ3n) is 4.53. The van der Waals surface area contributed by atoms with Crippen LogP contribution in [0.1, 0.15) is 25.7 Å².